The molecule has 0 bridgehead atoms. The summed E-state index contributed by atoms with van der Waals surface area (Å²) in [6, 6.07) is 9.92. The number of nitro groups is 1. The first kappa shape index (κ1) is 17.1. The van der Waals surface area contributed by atoms with Crippen molar-refractivity contribution in [3.05, 3.63) is 51.6 Å². The summed E-state index contributed by atoms with van der Waals surface area (Å²) in [6.45, 7) is 0.128. The standard InChI is InChI=1S/C18H14N2O6/c1-23-16-8-17(24-2)14(20(21)22)6-12(16)5-13(9-19)11-3-4-15-18(7-11)26-10-25-15/h3-8H,10H2,1-2H3/b13-5-. The van der Waals surface area contributed by atoms with Crippen LogP contribution in [0.5, 0.6) is 23.0 Å². The van der Waals surface area contributed by atoms with Gasteiger partial charge in [-0.3, -0.25) is 10.1 Å². The monoisotopic (exact) mass is 354 g/mol. The lowest BCUT2D eigenvalue weighted by atomic mass is 10.0. The van der Waals surface area contributed by atoms with Crippen molar-refractivity contribution < 1.29 is 23.9 Å². The number of nitriles is 1. The van der Waals surface area contributed by atoms with E-state index in [1.165, 1.54) is 32.4 Å². The molecule has 0 N–H and O–H groups in total. The lowest BCUT2D eigenvalue weighted by Crippen LogP contribution is -1.97. The molecule has 0 unspecified atom stereocenters. The summed E-state index contributed by atoms with van der Waals surface area (Å²) >= 11 is 0. The zero-order valence-electron chi connectivity index (χ0n) is 14.0. The molecule has 0 saturated carbocycles. The van der Waals surface area contributed by atoms with Crippen molar-refractivity contribution in [1.82, 2.24) is 0 Å². The molecule has 132 valence electrons. The van der Waals surface area contributed by atoms with E-state index < -0.39 is 4.92 Å². The van der Waals surface area contributed by atoms with Crippen LogP contribution in [0.3, 0.4) is 0 Å². The summed E-state index contributed by atoms with van der Waals surface area (Å²) in [7, 11) is 2.77. The minimum Gasteiger partial charge on any atom is -0.496 e. The molecule has 26 heavy (non-hydrogen) atoms. The number of ether oxygens (including phenoxy) is 4. The number of rotatable bonds is 5. The Morgan fingerprint density at radius 2 is 1.92 bits per heavy atom. The Labute approximate surface area is 148 Å². The molecule has 2 aromatic rings. The Hall–Kier alpha value is -3.73. The van der Waals surface area contributed by atoms with Crippen molar-refractivity contribution >= 4 is 17.3 Å². The van der Waals surface area contributed by atoms with Crippen molar-refractivity contribution in [2.45, 2.75) is 0 Å². The van der Waals surface area contributed by atoms with Crippen LogP contribution in [0, 0.1) is 21.4 Å². The summed E-state index contributed by atoms with van der Waals surface area (Å²) in [4.78, 5) is 10.7. The molecule has 3 rings (SSSR count). The molecule has 8 heteroatoms. The average molecular weight is 354 g/mol. The highest BCUT2D eigenvalue weighted by atomic mass is 16.7. The van der Waals surface area contributed by atoms with Gasteiger partial charge in [-0.15, -0.1) is 0 Å². The van der Waals surface area contributed by atoms with Crippen LogP contribution >= 0.6 is 0 Å². The fraction of sp³-hybridized carbons (Fsp3) is 0.167. The quantitative estimate of drug-likeness (QED) is 0.351. The molecule has 0 spiro atoms. The van der Waals surface area contributed by atoms with Crippen LogP contribution in [0.25, 0.3) is 11.6 Å². The van der Waals surface area contributed by atoms with Gasteiger partial charge in [-0.2, -0.15) is 5.26 Å². The Morgan fingerprint density at radius 3 is 2.58 bits per heavy atom. The van der Waals surface area contributed by atoms with Gasteiger partial charge in [0.15, 0.2) is 11.5 Å². The SMILES string of the molecule is COc1cc(OC)c([N+](=O)[O-])cc1/C=C(/C#N)c1ccc2c(c1)OCO2. The van der Waals surface area contributed by atoms with Gasteiger partial charge < -0.3 is 18.9 Å². The first-order chi connectivity index (χ1) is 12.6. The van der Waals surface area contributed by atoms with E-state index in [-0.39, 0.29) is 18.2 Å². The van der Waals surface area contributed by atoms with Crippen molar-refractivity contribution in [1.29, 1.82) is 5.26 Å². The predicted molar refractivity (Wildman–Crippen MR) is 92.2 cm³/mol. The second-order valence-electron chi connectivity index (χ2n) is 5.26. The summed E-state index contributed by atoms with van der Waals surface area (Å²) in [6.07, 6.45) is 1.52. The Morgan fingerprint density at radius 1 is 1.19 bits per heavy atom. The molecule has 0 saturated heterocycles. The van der Waals surface area contributed by atoms with Crippen LogP contribution in [0.1, 0.15) is 11.1 Å². The van der Waals surface area contributed by atoms with Gasteiger partial charge in [-0.05, 0) is 29.8 Å². The van der Waals surface area contributed by atoms with Gasteiger partial charge in [0.05, 0.1) is 30.8 Å². The highest BCUT2D eigenvalue weighted by Crippen LogP contribution is 2.38. The van der Waals surface area contributed by atoms with Crippen LogP contribution in [0.4, 0.5) is 5.69 Å². The number of fused-ring (bicyclic) bond motifs is 1. The van der Waals surface area contributed by atoms with Crippen LogP contribution in [-0.2, 0) is 0 Å². The fourth-order valence-corrected chi connectivity index (χ4v) is 2.56. The van der Waals surface area contributed by atoms with Crippen LogP contribution in [0.2, 0.25) is 0 Å². The zero-order chi connectivity index (χ0) is 18.7. The molecule has 0 aliphatic carbocycles. The third-order valence-electron chi connectivity index (χ3n) is 3.83. The number of nitrogens with zero attached hydrogens (tertiary/aromatic N) is 2. The fourth-order valence-electron chi connectivity index (χ4n) is 2.56. The molecule has 8 nitrogen and oxygen atoms in total. The first-order valence-electron chi connectivity index (χ1n) is 7.49. The molecule has 1 aliphatic rings. The third-order valence-corrected chi connectivity index (χ3v) is 3.83. The van der Waals surface area contributed by atoms with Crippen molar-refractivity contribution in [2.24, 2.45) is 0 Å². The maximum atomic E-state index is 11.3. The van der Waals surface area contributed by atoms with Gasteiger partial charge in [-0.25, -0.2) is 0 Å². The number of benzene rings is 2. The van der Waals surface area contributed by atoms with Gasteiger partial charge >= 0.3 is 5.69 Å². The van der Waals surface area contributed by atoms with Gasteiger partial charge in [0.1, 0.15) is 5.75 Å². The van der Waals surface area contributed by atoms with E-state index in [0.717, 1.165) is 0 Å². The maximum Gasteiger partial charge on any atom is 0.311 e. The molecule has 1 heterocycles. The van der Waals surface area contributed by atoms with Gasteiger partial charge in [0.25, 0.3) is 0 Å². The Bertz CT molecular complexity index is 945. The topological polar surface area (TPSA) is 104 Å². The molecule has 0 radical (unpaired) electrons. The summed E-state index contributed by atoms with van der Waals surface area (Å²) in [5, 5.41) is 20.8. The van der Waals surface area contributed by atoms with E-state index in [1.807, 2.05) is 0 Å². The van der Waals surface area contributed by atoms with E-state index >= 15 is 0 Å². The van der Waals surface area contributed by atoms with E-state index in [4.69, 9.17) is 18.9 Å². The molecule has 0 aromatic heterocycles. The molecule has 0 fully saturated rings. The van der Waals surface area contributed by atoms with Crippen LogP contribution < -0.4 is 18.9 Å². The Balaban J connectivity index is 2.10. The molecule has 0 atom stereocenters. The number of allylic oxidation sites excluding steroid dienone is 1. The highest BCUT2D eigenvalue weighted by Gasteiger charge is 2.20. The van der Waals surface area contributed by atoms with Crippen LogP contribution in [0.15, 0.2) is 30.3 Å². The summed E-state index contributed by atoms with van der Waals surface area (Å²) in [5.74, 6) is 1.56. The van der Waals surface area contributed by atoms with E-state index in [9.17, 15) is 15.4 Å². The van der Waals surface area contributed by atoms with Gasteiger partial charge in [0, 0.05) is 17.7 Å². The minimum absolute atomic E-state index is 0.0746. The second-order valence-corrected chi connectivity index (χ2v) is 5.26. The number of hydrogen-bond acceptors (Lipinski definition) is 7. The van der Waals surface area contributed by atoms with E-state index in [2.05, 4.69) is 6.07 Å². The number of hydrogen-bond donors (Lipinski definition) is 0. The predicted octanol–water partition coefficient (Wildman–Crippen LogP) is 3.40. The lowest BCUT2D eigenvalue weighted by Gasteiger charge is -2.09. The van der Waals surface area contributed by atoms with Crippen molar-refractivity contribution in [3.63, 3.8) is 0 Å². The lowest BCUT2D eigenvalue weighted by molar-refractivity contribution is -0.385. The average Bonchev–Trinajstić information content (AvgIpc) is 3.13. The molecule has 2 aromatic carbocycles. The van der Waals surface area contributed by atoms with Crippen molar-refractivity contribution in [3.8, 4) is 29.1 Å². The molecule has 0 amide bonds. The molecule has 1 aliphatic heterocycles. The third kappa shape index (κ3) is 3.10. The normalized spacial score (nSPS) is 12.4. The van der Waals surface area contributed by atoms with E-state index in [1.54, 1.807) is 18.2 Å². The first-order valence-corrected chi connectivity index (χ1v) is 7.49. The number of methoxy groups -OCH3 is 2. The maximum absolute atomic E-state index is 11.3. The number of nitro benzene ring substituents is 1. The van der Waals surface area contributed by atoms with Crippen LogP contribution in [-0.4, -0.2) is 25.9 Å². The highest BCUT2D eigenvalue weighted by molar-refractivity contribution is 5.91. The summed E-state index contributed by atoms with van der Waals surface area (Å²) < 4.78 is 20.9. The smallest absolute Gasteiger partial charge is 0.311 e. The van der Waals surface area contributed by atoms with Crippen molar-refractivity contribution in [2.75, 3.05) is 21.0 Å². The molecular weight excluding hydrogens is 340 g/mol. The van der Waals surface area contributed by atoms with Gasteiger partial charge in [-0.1, -0.05) is 0 Å². The van der Waals surface area contributed by atoms with Gasteiger partial charge in [0.2, 0.25) is 12.5 Å². The Kier molecular flexibility index (Phi) is 4.62. The zero-order valence-corrected chi connectivity index (χ0v) is 14.0. The molecular formula is C18H14N2O6. The second kappa shape index (κ2) is 7.03. The largest absolute Gasteiger partial charge is 0.496 e. The summed E-state index contributed by atoms with van der Waals surface area (Å²) in [5.41, 5.74) is 1.05. The minimum atomic E-state index is -0.553. The van der Waals surface area contributed by atoms with E-state index in [0.29, 0.717) is 33.9 Å².